The highest BCUT2D eigenvalue weighted by Crippen LogP contribution is 2.38. The number of likely N-dealkylation sites (N-methyl/N-ethyl adjacent to an activating group) is 1. The standard InChI is InChI=1S/C26H31N5O4/c1-17(32)27-20-14-22(26(34)29(2)3)31(25(20)18-10-6-5-7-11-18)24(33)15-30-21-13-9-8-12-19(21)28-23(30)16-35-4/h5-13,20,22,25H,14-16H2,1-4H3,(H,27,32)/t20-,22-,25-/m0/s1. The molecular formula is C26H31N5O4. The van der Waals surface area contributed by atoms with Gasteiger partial charge >= 0.3 is 0 Å². The molecule has 3 aromatic rings. The molecule has 0 saturated carbocycles. The van der Waals surface area contributed by atoms with Gasteiger partial charge in [0.25, 0.3) is 0 Å². The Bertz CT molecular complexity index is 1220. The predicted molar refractivity (Wildman–Crippen MR) is 131 cm³/mol. The van der Waals surface area contributed by atoms with Crippen LogP contribution in [0.3, 0.4) is 0 Å². The average Bonchev–Trinajstić information content (AvgIpc) is 3.37. The van der Waals surface area contributed by atoms with Gasteiger partial charge in [-0.1, -0.05) is 42.5 Å². The van der Waals surface area contributed by atoms with E-state index in [0.29, 0.717) is 12.2 Å². The molecule has 1 saturated heterocycles. The molecule has 1 aliphatic heterocycles. The summed E-state index contributed by atoms with van der Waals surface area (Å²) in [6, 6.07) is 15.5. The molecule has 4 rings (SSSR count). The molecule has 9 heteroatoms. The van der Waals surface area contributed by atoms with Crippen molar-refractivity contribution in [1.82, 2.24) is 24.7 Å². The van der Waals surface area contributed by atoms with Gasteiger partial charge in [0, 0.05) is 28.1 Å². The lowest BCUT2D eigenvalue weighted by Crippen LogP contribution is -2.48. The van der Waals surface area contributed by atoms with E-state index in [1.165, 1.54) is 11.8 Å². The Morgan fingerprint density at radius 3 is 2.43 bits per heavy atom. The minimum atomic E-state index is -0.708. The fourth-order valence-corrected chi connectivity index (χ4v) is 4.92. The van der Waals surface area contributed by atoms with E-state index >= 15 is 0 Å². The number of hydrogen-bond donors (Lipinski definition) is 1. The molecule has 0 unspecified atom stereocenters. The Hall–Kier alpha value is -3.72. The number of imidazole rings is 1. The molecule has 35 heavy (non-hydrogen) atoms. The highest BCUT2D eigenvalue weighted by molar-refractivity contribution is 5.90. The van der Waals surface area contributed by atoms with Crippen LogP contribution in [0, 0.1) is 0 Å². The molecule has 1 N–H and O–H groups in total. The number of para-hydroxylation sites is 2. The maximum Gasteiger partial charge on any atom is 0.244 e. The Labute approximate surface area is 204 Å². The number of nitrogens with zero attached hydrogens (tertiary/aromatic N) is 4. The van der Waals surface area contributed by atoms with Crippen LogP contribution in [0.25, 0.3) is 11.0 Å². The van der Waals surface area contributed by atoms with E-state index in [0.717, 1.165) is 16.6 Å². The van der Waals surface area contributed by atoms with Crippen molar-refractivity contribution in [3.05, 3.63) is 66.0 Å². The van der Waals surface area contributed by atoms with Crippen LogP contribution >= 0.6 is 0 Å². The summed E-state index contributed by atoms with van der Waals surface area (Å²) in [5.41, 5.74) is 2.45. The first-order valence-corrected chi connectivity index (χ1v) is 11.6. The highest BCUT2D eigenvalue weighted by atomic mass is 16.5. The van der Waals surface area contributed by atoms with E-state index in [1.807, 2.05) is 59.2 Å². The normalized spacial score (nSPS) is 19.7. The first-order valence-electron chi connectivity index (χ1n) is 11.6. The number of methoxy groups -OCH3 is 1. The van der Waals surface area contributed by atoms with E-state index in [2.05, 4.69) is 10.3 Å². The van der Waals surface area contributed by atoms with Crippen LogP contribution in [-0.4, -0.2) is 70.4 Å². The summed E-state index contributed by atoms with van der Waals surface area (Å²) in [6.45, 7) is 1.69. The third kappa shape index (κ3) is 4.90. The fraction of sp³-hybridized carbons (Fsp3) is 0.385. The van der Waals surface area contributed by atoms with Crippen LogP contribution in [-0.2, 0) is 32.3 Å². The number of nitrogens with one attached hydrogen (secondary N) is 1. The lowest BCUT2D eigenvalue weighted by molar-refractivity contribution is -0.144. The van der Waals surface area contributed by atoms with Gasteiger partial charge in [0.15, 0.2) is 0 Å². The van der Waals surface area contributed by atoms with E-state index < -0.39 is 18.1 Å². The molecule has 0 spiro atoms. The first-order chi connectivity index (χ1) is 16.8. The Morgan fingerprint density at radius 1 is 1.09 bits per heavy atom. The number of aromatic nitrogens is 2. The van der Waals surface area contributed by atoms with Gasteiger partial charge in [-0.15, -0.1) is 0 Å². The van der Waals surface area contributed by atoms with Crippen LogP contribution < -0.4 is 5.32 Å². The zero-order chi connectivity index (χ0) is 25.1. The molecule has 1 aliphatic rings. The third-order valence-electron chi connectivity index (χ3n) is 6.34. The van der Waals surface area contributed by atoms with E-state index in [9.17, 15) is 14.4 Å². The van der Waals surface area contributed by atoms with Gasteiger partial charge in [0.05, 0.1) is 23.1 Å². The van der Waals surface area contributed by atoms with Gasteiger partial charge < -0.3 is 24.4 Å². The van der Waals surface area contributed by atoms with Gasteiger partial charge in [-0.3, -0.25) is 14.4 Å². The summed E-state index contributed by atoms with van der Waals surface area (Å²) in [6.07, 6.45) is 0.331. The van der Waals surface area contributed by atoms with Crippen LogP contribution in [0.2, 0.25) is 0 Å². The number of fused-ring (bicyclic) bond motifs is 1. The van der Waals surface area contributed by atoms with Crippen LogP contribution in [0.15, 0.2) is 54.6 Å². The largest absolute Gasteiger partial charge is 0.377 e. The quantitative estimate of drug-likeness (QED) is 0.562. The van der Waals surface area contributed by atoms with Gasteiger partial charge in [-0.2, -0.15) is 0 Å². The van der Waals surface area contributed by atoms with Crippen molar-refractivity contribution in [2.24, 2.45) is 0 Å². The van der Waals surface area contributed by atoms with Crippen molar-refractivity contribution in [3.63, 3.8) is 0 Å². The van der Waals surface area contributed by atoms with Crippen molar-refractivity contribution in [2.75, 3.05) is 21.2 Å². The summed E-state index contributed by atoms with van der Waals surface area (Å²) in [5.74, 6) is 0.0165. The summed E-state index contributed by atoms with van der Waals surface area (Å²) in [4.78, 5) is 47.1. The molecular weight excluding hydrogens is 446 g/mol. The van der Waals surface area contributed by atoms with Gasteiger partial charge in [-0.05, 0) is 24.1 Å². The maximum atomic E-state index is 14.0. The number of carbonyl (C=O) groups is 3. The Morgan fingerprint density at radius 2 is 1.77 bits per heavy atom. The zero-order valence-electron chi connectivity index (χ0n) is 20.5. The number of ether oxygens (including phenoxy) is 1. The second kappa shape index (κ2) is 10.3. The number of rotatable bonds is 7. The molecule has 2 heterocycles. The summed E-state index contributed by atoms with van der Waals surface area (Å²) < 4.78 is 7.17. The highest BCUT2D eigenvalue weighted by Gasteiger charge is 2.48. The molecule has 3 amide bonds. The second-order valence-electron chi connectivity index (χ2n) is 8.98. The molecule has 1 fully saturated rings. The van der Waals surface area contributed by atoms with E-state index in [-0.39, 0.29) is 30.9 Å². The molecule has 9 nitrogen and oxygen atoms in total. The SMILES string of the molecule is COCc1nc2ccccc2n1CC(=O)N1[C@H](C(=O)N(C)C)C[C@H](NC(C)=O)[C@@H]1c1ccccc1. The van der Waals surface area contributed by atoms with Crippen LogP contribution in [0.1, 0.15) is 30.8 Å². The molecule has 2 aromatic carbocycles. The molecule has 0 bridgehead atoms. The Balaban J connectivity index is 1.78. The molecule has 184 valence electrons. The lowest BCUT2D eigenvalue weighted by Gasteiger charge is -2.33. The minimum Gasteiger partial charge on any atom is -0.377 e. The minimum absolute atomic E-state index is 0.00740. The smallest absolute Gasteiger partial charge is 0.244 e. The topological polar surface area (TPSA) is 96.8 Å². The monoisotopic (exact) mass is 477 g/mol. The molecule has 0 aliphatic carbocycles. The third-order valence-corrected chi connectivity index (χ3v) is 6.34. The van der Waals surface area contributed by atoms with Gasteiger partial charge in [-0.25, -0.2) is 4.98 Å². The number of likely N-dealkylation sites (tertiary alicyclic amines) is 1. The molecule has 3 atom stereocenters. The van der Waals surface area contributed by atoms with Gasteiger partial charge in [0.1, 0.15) is 25.0 Å². The predicted octanol–water partition coefficient (Wildman–Crippen LogP) is 2.12. The number of benzene rings is 2. The fourth-order valence-electron chi connectivity index (χ4n) is 4.92. The summed E-state index contributed by atoms with van der Waals surface area (Å²) in [5, 5.41) is 2.98. The lowest BCUT2D eigenvalue weighted by atomic mass is 9.99. The molecule has 0 radical (unpaired) electrons. The Kier molecular flexibility index (Phi) is 7.16. The van der Waals surface area contributed by atoms with Crippen molar-refractivity contribution in [3.8, 4) is 0 Å². The first kappa shape index (κ1) is 24.4. The number of carbonyl (C=O) groups excluding carboxylic acids is 3. The van der Waals surface area contributed by atoms with Crippen molar-refractivity contribution >= 4 is 28.8 Å². The number of hydrogen-bond acceptors (Lipinski definition) is 5. The zero-order valence-corrected chi connectivity index (χ0v) is 20.5. The maximum absolute atomic E-state index is 14.0. The van der Waals surface area contributed by atoms with Crippen molar-refractivity contribution in [1.29, 1.82) is 0 Å². The van der Waals surface area contributed by atoms with E-state index in [4.69, 9.17) is 4.74 Å². The number of amides is 3. The average molecular weight is 478 g/mol. The molecule has 1 aromatic heterocycles. The van der Waals surface area contributed by atoms with Gasteiger partial charge in [0.2, 0.25) is 17.7 Å². The van der Waals surface area contributed by atoms with Crippen molar-refractivity contribution < 1.29 is 19.1 Å². The van der Waals surface area contributed by atoms with Crippen LogP contribution in [0.5, 0.6) is 0 Å². The summed E-state index contributed by atoms with van der Waals surface area (Å²) >= 11 is 0. The second-order valence-corrected chi connectivity index (χ2v) is 8.98. The van der Waals surface area contributed by atoms with Crippen LogP contribution in [0.4, 0.5) is 0 Å². The van der Waals surface area contributed by atoms with Crippen molar-refractivity contribution in [2.45, 2.75) is 44.6 Å². The summed E-state index contributed by atoms with van der Waals surface area (Å²) in [7, 11) is 4.93. The van der Waals surface area contributed by atoms with E-state index in [1.54, 1.807) is 26.1 Å².